The van der Waals surface area contributed by atoms with E-state index in [1.807, 2.05) is 20.8 Å². The van der Waals surface area contributed by atoms with Gasteiger partial charge in [-0.05, 0) is 25.0 Å². The third kappa shape index (κ3) is 5.71. The topological polar surface area (TPSA) is 157 Å². The highest BCUT2D eigenvalue weighted by molar-refractivity contribution is 7.86. The molecule has 5 N–H and O–H groups in total. The van der Waals surface area contributed by atoms with Crippen LogP contribution in [0.3, 0.4) is 0 Å². The van der Waals surface area contributed by atoms with Crippen molar-refractivity contribution >= 4 is 33.5 Å². The molecule has 1 atom stereocenters. The first-order valence-electron chi connectivity index (χ1n) is 8.39. The molecule has 0 fully saturated rings. The quantitative estimate of drug-likeness (QED) is 0.477. The predicted octanol–water partition coefficient (Wildman–Crippen LogP) is 1.82. The fourth-order valence-corrected chi connectivity index (χ4v) is 2.54. The number of nitrogens with two attached hydrogens (primary N) is 1. The first kappa shape index (κ1) is 21.2. The average molecular weight is 409 g/mol. The van der Waals surface area contributed by atoms with Crippen molar-refractivity contribution in [2.24, 2.45) is 11.7 Å². The maximum atomic E-state index is 11.6. The van der Waals surface area contributed by atoms with Gasteiger partial charge in [-0.15, -0.1) is 0 Å². The highest BCUT2D eigenvalue weighted by atomic mass is 32.2. The first-order valence-corrected chi connectivity index (χ1v) is 10.2. The maximum absolute atomic E-state index is 11.6. The first-order chi connectivity index (χ1) is 13.0. The number of benzene rings is 1. The number of aromatic nitrogens is 2. The molecule has 11 heteroatoms. The number of rotatable bonds is 8. The molecule has 0 saturated heterocycles. The second-order valence-electron chi connectivity index (χ2n) is 6.59. The van der Waals surface area contributed by atoms with Crippen LogP contribution < -0.4 is 20.6 Å². The molecule has 1 amide bonds. The fraction of sp³-hybridized carbons (Fsp3) is 0.353. The zero-order chi connectivity index (χ0) is 21.1. The number of phenolic OH excluding ortho intramolecular Hbond substituents is 1. The average Bonchev–Trinajstić information content (AvgIpc) is 2.56. The minimum Gasteiger partial charge on any atom is -0.504 e. The number of aromatic hydroxyl groups is 1. The molecule has 0 aliphatic carbocycles. The molecule has 1 aromatic carbocycles. The lowest BCUT2D eigenvalue weighted by molar-refractivity contribution is 0.100. The number of carbonyl (C=O) groups excluding carboxylic acids is 1. The molecule has 10 nitrogen and oxygen atoms in total. The van der Waals surface area contributed by atoms with E-state index in [1.54, 1.807) is 0 Å². The van der Waals surface area contributed by atoms with Gasteiger partial charge in [0.1, 0.15) is 5.82 Å². The Balaban J connectivity index is 2.28. The lowest BCUT2D eigenvalue weighted by Crippen LogP contribution is -2.25. The summed E-state index contributed by atoms with van der Waals surface area (Å²) >= 11 is 0. The summed E-state index contributed by atoms with van der Waals surface area (Å²) in [6.45, 7) is 5.99. The van der Waals surface area contributed by atoms with Crippen LogP contribution in [0.2, 0.25) is 0 Å². The van der Waals surface area contributed by atoms with Gasteiger partial charge in [-0.3, -0.25) is 4.79 Å². The van der Waals surface area contributed by atoms with Crippen molar-refractivity contribution in [2.45, 2.75) is 26.8 Å². The summed E-state index contributed by atoms with van der Waals surface area (Å²) in [4.78, 5) is 20.0. The van der Waals surface area contributed by atoms with Gasteiger partial charge in [-0.25, -0.2) is 4.98 Å². The van der Waals surface area contributed by atoms with Gasteiger partial charge in [-0.1, -0.05) is 13.8 Å². The zero-order valence-corrected chi connectivity index (χ0v) is 16.7. The van der Waals surface area contributed by atoms with Crippen molar-refractivity contribution in [1.82, 2.24) is 9.97 Å². The Morgan fingerprint density at radius 1 is 1.29 bits per heavy atom. The molecule has 28 heavy (non-hydrogen) atoms. The smallest absolute Gasteiger partial charge is 0.306 e. The highest BCUT2D eigenvalue weighted by Gasteiger charge is 2.16. The number of nitrogens with one attached hydrogen (secondary N) is 2. The van der Waals surface area contributed by atoms with Gasteiger partial charge in [0, 0.05) is 24.0 Å². The Bertz CT molecular complexity index is 978. The Morgan fingerprint density at radius 2 is 1.96 bits per heavy atom. The van der Waals surface area contributed by atoms with Gasteiger partial charge in [0.25, 0.3) is 5.91 Å². The van der Waals surface area contributed by atoms with Crippen LogP contribution in [0.5, 0.6) is 11.5 Å². The number of phenols is 1. The highest BCUT2D eigenvalue weighted by Crippen LogP contribution is 2.31. The molecule has 1 aromatic heterocycles. The number of nitrogens with zero attached hydrogens (tertiary/aromatic N) is 2. The lowest BCUT2D eigenvalue weighted by atomic mass is 10.1. The van der Waals surface area contributed by atoms with Gasteiger partial charge in [0.15, 0.2) is 11.5 Å². The summed E-state index contributed by atoms with van der Waals surface area (Å²) in [6.07, 6.45) is 2.17. The second-order valence-corrected chi connectivity index (χ2v) is 8.17. The SMILES string of the molecule is CC(C)[C@@H](C)Nc1nc(Nc2ccc(OS(C)(=O)=O)c(O)c2)ncc1C(N)=O. The summed E-state index contributed by atoms with van der Waals surface area (Å²) in [6, 6.07) is 4.05. The largest absolute Gasteiger partial charge is 0.504 e. The van der Waals surface area contributed by atoms with E-state index in [-0.39, 0.29) is 40.8 Å². The van der Waals surface area contributed by atoms with Crippen molar-refractivity contribution in [2.75, 3.05) is 16.9 Å². The number of hydrogen-bond donors (Lipinski definition) is 4. The van der Waals surface area contributed by atoms with Crippen LogP contribution in [0.4, 0.5) is 17.5 Å². The van der Waals surface area contributed by atoms with E-state index in [2.05, 4.69) is 24.8 Å². The fourth-order valence-electron chi connectivity index (χ4n) is 2.07. The van der Waals surface area contributed by atoms with Gasteiger partial charge >= 0.3 is 10.1 Å². The zero-order valence-electron chi connectivity index (χ0n) is 15.9. The monoisotopic (exact) mass is 409 g/mol. The van der Waals surface area contributed by atoms with Gasteiger partial charge < -0.3 is 25.7 Å². The minimum absolute atomic E-state index is 0.0253. The summed E-state index contributed by atoms with van der Waals surface area (Å²) < 4.78 is 27.0. The lowest BCUT2D eigenvalue weighted by Gasteiger charge is -2.20. The molecular formula is C17H23N5O5S. The summed E-state index contributed by atoms with van der Waals surface area (Å²) in [5, 5.41) is 15.9. The molecule has 0 bridgehead atoms. The molecule has 0 aliphatic rings. The molecular weight excluding hydrogens is 386 g/mol. The Labute approximate surface area is 163 Å². The number of anilines is 3. The second kappa shape index (κ2) is 8.30. The van der Waals surface area contributed by atoms with Crippen LogP contribution in [0.1, 0.15) is 31.1 Å². The molecule has 0 aliphatic heterocycles. The molecule has 2 rings (SSSR count). The van der Waals surface area contributed by atoms with Crippen molar-refractivity contribution in [3.8, 4) is 11.5 Å². The molecule has 0 spiro atoms. The van der Waals surface area contributed by atoms with Crippen LogP contribution in [-0.2, 0) is 10.1 Å². The minimum atomic E-state index is -3.77. The maximum Gasteiger partial charge on any atom is 0.306 e. The summed E-state index contributed by atoms with van der Waals surface area (Å²) in [7, 11) is -3.77. The summed E-state index contributed by atoms with van der Waals surface area (Å²) in [5.74, 6) is -0.523. The van der Waals surface area contributed by atoms with Crippen molar-refractivity contribution in [1.29, 1.82) is 0 Å². The van der Waals surface area contributed by atoms with E-state index in [4.69, 9.17) is 5.73 Å². The van der Waals surface area contributed by atoms with E-state index in [1.165, 1.54) is 24.4 Å². The van der Waals surface area contributed by atoms with E-state index >= 15 is 0 Å². The predicted molar refractivity (Wildman–Crippen MR) is 105 cm³/mol. The van der Waals surface area contributed by atoms with Crippen LogP contribution in [-0.4, -0.2) is 41.7 Å². The van der Waals surface area contributed by atoms with Crippen LogP contribution >= 0.6 is 0 Å². The number of primary amides is 1. The third-order valence-corrected chi connectivity index (χ3v) is 4.36. The molecule has 152 valence electrons. The molecule has 0 unspecified atom stereocenters. The number of carbonyl (C=O) groups is 1. The van der Waals surface area contributed by atoms with Crippen LogP contribution in [0.15, 0.2) is 24.4 Å². The Kier molecular flexibility index (Phi) is 6.29. The number of amides is 1. The Hall–Kier alpha value is -3.08. The molecule has 0 radical (unpaired) electrons. The standard InChI is InChI=1S/C17H23N5O5S/c1-9(2)10(3)20-16-12(15(18)24)8-19-17(22-16)21-11-5-6-14(13(23)7-11)27-28(4,25)26/h5-10,23H,1-4H3,(H2,18,24)(H2,19,20,21,22)/t10-/m1/s1. The van der Waals surface area contributed by atoms with E-state index in [0.717, 1.165) is 6.26 Å². The van der Waals surface area contributed by atoms with Gasteiger partial charge in [-0.2, -0.15) is 13.4 Å². The number of hydrogen-bond acceptors (Lipinski definition) is 9. The van der Waals surface area contributed by atoms with Gasteiger partial charge in [0.05, 0.1) is 11.8 Å². The third-order valence-electron chi connectivity index (χ3n) is 3.87. The van der Waals surface area contributed by atoms with Crippen molar-refractivity contribution < 1.29 is 22.5 Å². The Morgan fingerprint density at radius 3 is 2.50 bits per heavy atom. The van der Waals surface area contributed by atoms with Gasteiger partial charge in [0.2, 0.25) is 5.95 Å². The van der Waals surface area contributed by atoms with Crippen molar-refractivity contribution in [3.05, 3.63) is 30.0 Å². The van der Waals surface area contributed by atoms with E-state index in [9.17, 15) is 18.3 Å². The van der Waals surface area contributed by atoms with Crippen LogP contribution in [0, 0.1) is 5.92 Å². The normalized spacial score (nSPS) is 12.5. The van der Waals surface area contributed by atoms with E-state index in [0.29, 0.717) is 5.69 Å². The van der Waals surface area contributed by atoms with Crippen LogP contribution in [0.25, 0.3) is 0 Å². The van der Waals surface area contributed by atoms with E-state index < -0.39 is 16.0 Å². The molecule has 0 saturated carbocycles. The molecule has 2 aromatic rings. The summed E-state index contributed by atoms with van der Waals surface area (Å²) in [5.41, 5.74) is 5.91. The van der Waals surface area contributed by atoms with Crippen molar-refractivity contribution in [3.63, 3.8) is 0 Å². The molecule has 1 heterocycles.